The van der Waals surface area contributed by atoms with Gasteiger partial charge in [0.1, 0.15) is 0 Å². The summed E-state index contributed by atoms with van der Waals surface area (Å²) in [6.07, 6.45) is 1.19. The van der Waals surface area contributed by atoms with Crippen molar-refractivity contribution in [3.63, 3.8) is 0 Å². The Bertz CT molecular complexity index is 185. The number of methoxy groups -OCH3 is 1. The zero-order chi connectivity index (χ0) is 10.8. The van der Waals surface area contributed by atoms with E-state index in [1.165, 1.54) is 0 Å². The molecule has 0 aromatic heterocycles. The number of rotatable bonds is 4. The van der Waals surface area contributed by atoms with Crippen LogP contribution in [-0.2, 0) is 14.2 Å². The van der Waals surface area contributed by atoms with Crippen LogP contribution in [0.3, 0.4) is 0 Å². The molecule has 0 bridgehead atoms. The van der Waals surface area contributed by atoms with Crippen LogP contribution in [0.15, 0.2) is 0 Å². The molecule has 1 saturated heterocycles. The average molecular weight is 410 g/mol. The number of ether oxygens (including phenoxy) is 3. The van der Waals surface area contributed by atoms with Gasteiger partial charge in [-0.2, -0.15) is 0 Å². The second-order valence-corrected chi connectivity index (χ2v) is 7.70. The van der Waals surface area contributed by atoms with Crippen LogP contribution in [0.5, 0.6) is 0 Å². The summed E-state index contributed by atoms with van der Waals surface area (Å²) in [6, 6.07) is 0. The Morgan fingerprint density at radius 1 is 1.50 bits per heavy atom. The van der Waals surface area contributed by atoms with Gasteiger partial charge in [0.15, 0.2) is 0 Å². The van der Waals surface area contributed by atoms with Gasteiger partial charge in [0.2, 0.25) is 0 Å². The van der Waals surface area contributed by atoms with Crippen molar-refractivity contribution >= 4 is 32.6 Å². The predicted molar refractivity (Wildman–Crippen MR) is 58.3 cm³/mol. The van der Waals surface area contributed by atoms with Gasteiger partial charge in [-0.1, -0.05) is 0 Å². The second kappa shape index (κ2) is 5.47. The molecule has 14 heavy (non-hydrogen) atoms. The van der Waals surface area contributed by atoms with E-state index < -0.39 is 5.79 Å². The van der Waals surface area contributed by atoms with E-state index in [1.54, 1.807) is 7.11 Å². The Labute approximate surface area is 104 Å². The van der Waals surface area contributed by atoms with Crippen LogP contribution in [0.1, 0.15) is 27.2 Å². The van der Waals surface area contributed by atoms with E-state index in [-0.39, 0.29) is 17.6 Å². The summed E-state index contributed by atoms with van der Waals surface area (Å²) in [4.78, 5) is 0. The first kappa shape index (κ1) is 13.2. The van der Waals surface area contributed by atoms with Crippen molar-refractivity contribution in [2.45, 2.75) is 50.6 Å². The van der Waals surface area contributed by atoms with E-state index in [0.29, 0.717) is 0 Å². The van der Waals surface area contributed by atoms with Gasteiger partial charge >= 0.3 is 105 Å². The van der Waals surface area contributed by atoms with Gasteiger partial charge in [-0.3, -0.25) is 0 Å². The van der Waals surface area contributed by atoms with Crippen LogP contribution in [-0.4, -0.2) is 54.8 Å². The maximum atomic E-state index is 5.85. The van der Waals surface area contributed by atoms with Crippen molar-refractivity contribution < 1.29 is 14.2 Å². The average Bonchev–Trinajstić information content (AvgIpc) is 2.44. The Morgan fingerprint density at radius 3 is 2.57 bits per heavy atom. The molecule has 0 saturated carbocycles. The van der Waals surface area contributed by atoms with E-state index in [9.17, 15) is 0 Å². The molecule has 0 aromatic rings. The third-order valence-electron chi connectivity index (χ3n) is 2.29. The fourth-order valence-electron chi connectivity index (χ4n) is 1.65. The van der Waals surface area contributed by atoms with Crippen LogP contribution in [0.25, 0.3) is 0 Å². The van der Waals surface area contributed by atoms with E-state index in [0.717, 1.165) is 30.7 Å². The summed E-state index contributed by atoms with van der Waals surface area (Å²) in [6.45, 7) is 6.03. The predicted octanol–water partition coefficient (Wildman–Crippen LogP) is 1.71. The van der Waals surface area contributed by atoms with Crippen LogP contribution < -0.4 is 0 Å². The Morgan fingerprint density at radius 2 is 2.14 bits per heavy atom. The van der Waals surface area contributed by atoms with Gasteiger partial charge in [-0.25, -0.2) is 0 Å². The van der Waals surface area contributed by atoms with Gasteiger partial charge < -0.3 is 0 Å². The van der Waals surface area contributed by atoms with Crippen molar-refractivity contribution in [2.75, 3.05) is 7.11 Å². The normalized spacial score (nSPS) is 33.1. The molecular weight excluding hydrogens is 393 g/mol. The third kappa shape index (κ3) is 3.07. The van der Waals surface area contributed by atoms with E-state index in [2.05, 4.69) is 6.92 Å². The van der Waals surface area contributed by atoms with E-state index in [1.807, 2.05) is 22.2 Å². The van der Waals surface area contributed by atoms with Crippen molar-refractivity contribution in [1.82, 2.24) is 0 Å². The first-order valence-electron chi connectivity index (χ1n) is 4.78. The first-order valence-corrected chi connectivity index (χ1v) is 11.2. The van der Waals surface area contributed by atoms with Crippen molar-refractivity contribution in [1.29, 1.82) is 0 Å². The Balaban J connectivity index is 2.67. The molecule has 1 heterocycles. The zero-order valence-corrected chi connectivity index (χ0v) is 14.5. The van der Waals surface area contributed by atoms with E-state index >= 15 is 0 Å². The van der Waals surface area contributed by atoms with Crippen molar-refractivity contribution in [3.05, 3.63) is 0 Å². The van der Waals surface area contributed by atoms with Crippen LogP contribution in [0.2, 0.25) is 0 Å². The molecule has 0 spiro atoms. The molecule has 5 heteroatoms. The quantitative estimate of drug-likeness (QED) is 0.661. The van der Waals surface area contributed by atoms with Gasteiger partial charge in [-0.15, -0.1) is 0 Å². The van der Waals surface area contributed by atoms with Crippen LogP contribution >= 0.6 is 8.31 Å². The molecule has 80 valence electrons. The fraction of sp³-hybridized carbons (Fsp3) is 1.00. The minimum absolute atomic E-state index is 0.0787. The topological polar surface area (TPSA) is 27.7 Å². The maximum absolute atomic E-state index is 5.85. The van der Waals surface area contributed by atoms with Crippen molar-refractivity contribution in [3.8, 4) is 0 Å². The van der Waals surface area contributed by atoms with Gasteiger partial charge in [0.05, 0.1) is 0 Å². The summed E-state index contributed by atoms with van der Waals surface area (Å²) >= 11 is 0.861. The third-order valence-corrected chi connectivity index (χ3v) is 6.05. The summed E-state index contributed by atoms with van der Waals surface area (Å²) in [5.41, 5.74) is 0.153. The molecule has 3 nitrogen and oxygen atoms in total. The number of hydrogen-bond donors (Lipinski definition) is 0. The summed E-state index contributed by atoms with van der Waals surface area (Å²) in [5.74, 6) is -0.455. The fourth-order valence-corrected chi connectivity index (χ4v) is 4.77. The monoisotopic (exact) mass is 410 g/mol. The molecule has 0 radical (unpaired) electrons. The molecule has 1 fully saturated rings. The zero-order valence-electron chi connectivity index (χ0n) is 9.15. The molecule has 1 rings (SSSR count). The Kier molecular flexibility index (Phi) is 5.17. The molecule has 0 N–H and O–H groups in total. The summed E-state index contributed by atoms with van der Waals surface area (Å²) < 4.78 is 17.1. The second-order valence-electron chi connectivity index (χ2n) is 3.79. The molecular formula is C9H17O3STl. The Hall–Kier alpha value is 1.15. The molecule has 0 amide bonds. The SMILES string of the molecule is CCC(OC)C1OC(C)(C)OC1[S][Tl]. The summed E-state index contributed by atoms with van der Waals surface area (Å²) in [5, 5.41) is 0. The van der Waals surface area contributed by atoms with E-state index in [4.69, 9.17) is 14.2 Å². The molecule has 3 atom stereocenters. The molecule has 0 aromatic carbocycles. The standard InChI is InChI=1S/C9H18O3S.Tl/c1-5-6(10-4)7-8(13)12-9(2,3)11-7;/h6-8,13H,5H2,1-4H3;/q;+1/p-1. The first-order chi connectivity index (χ1) is 6.54. The molecule has 0 aliphatic carbocycles. The van der Waals surface area contributed by atoms with Gasteiger partial charge in [0.25, 0.3) is 0 Å². The number of hydrogen-bond acceptors (Lipinski definition) is 4. The molecule has 3 unspecified atom stereocenters. The molecule has 1 aliphatic heterocycles. The summed E-state index contributed by atoms with van der Waals surface area (Å²) in [7, 11) is 3.58. The van der Waals surface area contributed by atoms with Gasteiger partial charge in [-0.05, 0) is 0 Å². The van der Waals surface area contributed by atoms with Crippen LogP contribution in [0, 0.1) is 0 Å². The van der Waals surface area contributed by atoms with Crippen LogP contribution in [0.4, 0.5) is 0 Å². The van der Waals surface area contributed by atoms with Crippen molar-refractivity contribution in [2.24, 2.45) is 0 Å². The molecule has 1 aliphatic rings. The minimum atomic E-state index is -0.455. The van der Waals surface area contributed by atoms with Gasteiger partial charge in [0, 0.05) is 0 Å².